The van der Waals surface area contributed by atoms with Gasteiger partial charge in [-0.05, 0) is 61.0 Å². The quantitative estimate of drug-likeness (QED) is 0.317. The molecule has 2 aliphatic heterocycles. The van der Waals surface area contributed by atoms with E-state index >= 15 is 0 Å². The van der Waals surface area contributed by atoms with E-state index in [-0.39, 0.29) is 23.2 Å². The molecule has 3 heterocycles. The van der Waals surface area contributed by atoms with Gasteiger partial charge in [-0.15, -0.1) is 0 Å². The number of hydrogen-bond donors (Lipinski definition) is 1. The van der Waals surface area contributed by atoms with Gasteiger partial charge in [0, 0.05) is 36.3 Å². The molecular formula is C31H27FN4O4S2. The number of amides is 3. The number of carbonyl (C=O) groups excluding carboxylic acids is 3. The van der Waals surface area contributed by atoms with Gasteiger partial charge >= 0.3 is 4.87 Å². The fourth-order valence-electron chi connectivity index (χ4n) is 5.42. The van der Waals surface area contributed by atoms with Crippen molar-refractivity contribution < 1.29 is 18.8 Å². The van der Waals surface area contributed by atoms with Crippen LogP contribution >= 0.6 is 23.1 Å². The molecule has 8 nitrogen and oxygen atoms in total. The maximum absolute atomic E-state index is 14.0. The van der Waals surface area contributed by atoms with E-state index in [0.29, 0.717) is 21.3 Å². The summed E-state index contributed by atoms with van der Waals surface area (Å²) in [5, 5.41) is 2.43. The predicted molar refractivity (Wildman–Crippen MR) is 163 cm³/mol. The van der Waals surface area contributed by atoms with E-state index in [0.717, 1.165) is 28.2 Å². The largest absolute Gasteiger partial charge is 0.378 e. The Kier molecular flexibility index (Phi) is 7.24. The fraction of sp³-hybridized carbons (Fsp3) is 0.226. The summed E-state index contributed by atoms with van der Waals surface area (Å²) in [6, 6.07) is 20.3. The zero-order chi connectivity index (χ0) is 29.7. The normalized spacial score (nSPS) is 19.4. The Morgan fingerprint density at radius 2 is 1.60 bits per heavy atom. The number of anilines is 3. The van der Waals surface area contributed by atoms with Crippen molar-refractivity contribution in [2.45, 2.75) is 29.7 Å². The molecule has 1 N–H and O–H groups in total. The van der Waals surface area contributed by atoms with E-state index in [1.807, 2.05) is 62.3 Å². The SMILES string of the molecule is Cc1ccc(N2C(=O)[C@H]3[C@H](c4ccc(N(C)C)cc4)c4sc(=O)n(CC(=O)Nc5ccc(F)cc5)c4S[C@H]3C2=O)cc1. The highest BCUT2D eigenvalue weighted by Gasteiger charge is 2.56. The van der Waals surface area contributed by atoms with E-state index in [2.05, 4.69) is 5.32 Å². The van der Waals surface area contributed by atoms with Gasteiger partial charge in [0.1, 0.15) is 17.6 Å². The minimum absolute atomic E-state index is 0.289. The Morgan fingerprint density at radius 3 is 2.24 bits per heavy atom. The molecule has 0 radical (unpaired) electrons. The van der Waals surface area contributed by atoms with Gasteiger partial charge in [-0.2, -0.15) is 0 Å². The second-order valence-electron chi connectivity index (χ2n) is 10.6. The van der Waals surface area contributed by atoms with Crippen LogP contribution in [0.4, 0.5) is 21.5 Å². The van der Waals surface area contributed by atoms with Crippen LogP contribution in [0.25, 0.3) is 0 Å². The minimum atomic E-state index is -0.773. The zero-order valence-electron chi connectivity index (χ0n) is 23.0. The highest BCUT2D eigenvalue weighted by molar-refractivity contribution is 8.00. The Labute approximate surface area is 249 Å². The number of imide groups is 1. The van der Waals surface area contributed by atoms with Gasteiger partial charge in [0.15, 0.2) is 0 Å². The lowest BCUT2D eigenvalue weighted by molar-refractivity contribution is -0.122. The Hall–Kier alpha value is -4.22. The smallest absolute Gasteiger partial charge is 0.308 e. The van der Waals surface area contributed by atoms with Gasteiger partial charge in [0.05, 0.1) is 16.6 Å². The molecular weight excluding hydrogens is 575 g/mol. The van der Waals surface area contributed by atoms with Gasteiger partial charge in [0.2, 0.25) is 17.7 Å². The third-order valence-corrected chi connectivity index (χ3v) is 10.1. The molecule has 2 aliphatic rings. The Bertz CT molecular complexity index is 1750. The first-order valence-corrected chi connectivity index (χ1v) is 15.0. The molecule has 0 spiro atoms. The summed E-state index contributed by atoms with van der Waals surface area (Å²) < 4.78 is 14.7. The van der Waals surface area contributed by atoms with Crippen LogP contribution in [-0.2, 0) is 20.9 Å². The molecule has 6 rings (SSSR count). The van der Waals surface area contributed by atoms with Crippen molar-refractivity contribution in [2.24, 2.45) is 5.92 Å². The first-order chi connectivity index (χ1) is 20.1. The maximum atomic E-state index is 14.0. The molecule has 42 heavy (non-hydrogen) atoms. The number of thiazole rings is 1. The first kappa shape index (κ1) is 27.9. The summed E-state index contributed by atoms with van der Waals surface area (Å²) in [5.74, 6) is -2.82. The van der Waals surface area contributed by atoms with Crippen LogP contribution in [0.5, 0.6) is 0 Å². The van der Waals surface area contributed by atoms with Crippen molar-refractivity contribution in [1.29, 1.82) is 0 Å². The number of halogens is 1. The van der Waals surface area contributed by atoms with Crippen molar-refractivity contribution in [3.05, 3.63) is 104 Å². The molecule has 4 aromatic rings. The van der Waals surface area contributed by atoms with E-state index in [1.165, 1.54) is 45.5 Å². The van der Waals surface area contributed by atoms with Crippen molar-refractivity contribution in [1.82, 2.24) is 4.57 Å². The van der Waals surface area contributed by atoms with Crippen molar-refractivity contribution in [2.75, 3.05) is 29.2 Å². The second-order valence-corrected chi connectivity index (χ2v) is 12.7. The van der Waals surface area contributed by atoms with Gasteiger partial charge in [-0.3, -0.25) is 23.7 Å². The minimum Gasteiger partial charge on any atom is -0.378 e. The molecule has 0 saturated carbocycles. The lowest BCUT2D eigenvalue weighted by Gasteiger charge is -2.31. The van der Waals surface area contributed by atoms with Crippen LogP contribution in [0.3, 0.4) is 0 Å². The molecule has 1 fully saturated rings. The third-order valence-electron chi connectivity index (χ3n) is 7.54. The number of aromatic nitrogens is 1. The van der Waals surface area contributed by atoms with Crippen LogP contribution < -0.4 is 20.0 Å². The summed E-state index contributed by atoms with van der Waals surface area (Å²) >= 11 is 2.16. The number of benzene rings is 3. The number of nitrogens with zero attached hydrogens (tertiary/aromatic N) is 3. The van der Waals surface area contributed by atoms with E-state index in [4.69, 9.17) is 0 Å². The van der Waals surface area contributed by atoms with Gasteiger partial charge < -0.3 is 10.2 Å². The summed E-state index contributed by atoms with van der Waals surface area (Å²) in [4.78, 5) is 57.7. The molecule has 1 aromatic heterocycles. The molecule has 214 valence electrons. The molecule has 3 atom stereocenters. The van der Waals surface area contributed by atoms with Gasteiger partial charge in [-0.1, -0.05) is 52.9 Å². The number of aryl methyl sites for hydroxylation is 1. The topological polar surface area (TPSA) is 91.7 Å². The zero-order valence-corrected chi connectivity index (χ0v) is 24.7. The monoisotopic (exact) mass is 602 g/mol. The van der Waals surface area contributed by atoms with Crippen LogP contribution in [0.1, 0.15) is 21.9 Å². The highest BCUT2D eigenvalue weighted by atomic mass is 32.2. The number of fused-ring (bicyclic) bond motifs is 2. The average Bonchev–Trinajstić information content (AvgIpc) is 3.41. The molecule has 0 aliphatic carbocycles. The van der Waals surface area contributed by atoms with Crippen LogP contribution in [0, 0.1) is 18.7 Å². The van der Waals surface area contributed by atoms with Gasteiger partial charge in [0.25, 0.3) is 0 Å². The van der Waals surface area contributed by atoms with Crippen molar-refractivity contribution in [3.63, 3.8) is 0 Å². The number of thioether (sulfide) groups is 1. The molecule has 1 saturated heterocycles. The number of hydrogen-bond acceptors (Lipinski definition) is 7. The molecule has 0 bridgehead atoms. The van der Waals surface area contributed by atoms with E-state index in [1.54, 1.807) is 12.1 Å². The standard InChI is InChI=1S/C31H27FN4O4S2/c1-17-4-12-22(13-5-17)36-28(38)25-24(18-6-14-21(15-7-18)34(2)3)27-30(41-26(25)29(36)39)35(31(40)42-27)16-23(37)33-20-10-8-19(32)9-11-20/h4-15,24-26H,16H2,1-3H3,(H,33,37)/t24-,25-,26+/m0/s1. The highest BCUT2D eigenvalue weighted by Crippen LogP contribution is 2.54. The number of rotatable bonds is 6. The molecule has 3 aromatic carbocycles. The lowest BCUT2D eigenvalue weighted by Crippen LogP contribution is -2.33. The Morgan fingerprint density at radius 1 is 0.929 bits per heavy atom. The maximum Gasteiger partial charge on any atom is 0.308 e. The van der Waals surface area contributed by atoms with Crippen molar-refractivity contribution in [3.8, 4) is 0 Å². The molecule has 0 unspecified atom stereocenters. The van der Waals surface area contributed by atoms with Gasteiger partial charge in [-0.25, -0.2) is 9.29 Å². The molecule has 3 amide bonds. The molecule has 11 heteroatoms. The lowest BCUT2D eigenvalue weighted by atomic mass is 9.83. The van der Waals surface area contributed by atoms with Crippen LogP contribution in [-0.4, -0.2) is 41.6 Å². The van der Waals surface area contributed by atoms with Crippen molar-refractivity contribution >= 4 is 57.9 Å². The van der Waals surface area contributed by atoms with Crippen LogP contribution in [0.2, 0.25) is 0 Å². The summed E-state index contributed by atoms with van der Waals surface area (Å²) in [6.45, 7) is 1.65. The number of nitrogens with one attached hydrogen (secondary N) is 1. The fourth-order valence-corrected chi connectivity index (χ4v) is 8.19. The summed E-state index contributed by atoms with van der Waals surface area (Å²) in [6.07, 6.45) is 0. The second kappa shape index (κ2) is 10.9. The van der Waals surface area contributed by atoms with E-state index < -0.39 is 28.8 Å². The predicted octanol–water partition coefficient (Wildman–Crippen LogP) is 4.86. The average molecular weight is 603 g/mol. The summed E-state index contributed by atoms with van der Waals surface area (Å²) in [5.41, 5.74) is 3.70. The van der Waals surface area contributed by atoms with Crippen LogP contribution in [0.15, 0.2) is 82.6 Å². The Balaban J connectivity index is 1.41. The first-order valence-electron chi connectivity index (χ1n) is 13.3. The third kappa shape index (κ3) is 4.92. The summed E-state index contributed by atoms with van der Waals surface area (Å²) in [7, 11) is 3.86. The van der Waals surface area contributed by atoms with E-state index in [9.17, 15) is 23.6 Å². The number of carbonyl (C=O) groups is 3.